The number of fused-ring (bicyclic) bond motifs is 1. The highest BCUT2D eigenvalue weighted by molar-refractivity contribution is 6.30. The number of benzene rings is 1. The fourth-order valence-electron chi connectivity index (χ4n) is 1.80. The SMILES string of the molecule is Cc1nc2onc(-c3cccc(Cl)c3)c2c(=O)[nH]1. The summed E-state index contributed by atoms with van der Waals surface area (Å²) >= 11 is 5.92. The van der Waals surface area contributed by atoms with Gasteiger partial charge in [0.1, 0.15) is 16.9 Å². The molecular formula is C12H8ClN3O2. The molecule has 2 heterocycles. The van der Waals surface area contributed by atoms with Crippen LogP contribution in [0.3, 0.4) is 0 Å². The monoisotopic (exact) mass is 261 g/mol. The van der Waals surface area contributed by atoms with E-state index < -0.39 is 0 Å². The molecule has 0 aliphatic heterocycles. The van der Waals surface area contributed by atoms with E-state index in [1.807, 2.05) is 6.07 Å². The van der Waals surface area contributed by atoms with Gasteiger partial charge in [0, 0.05) is 10.6 Å². The van der Waals surface area contributed by atoms with Crippen molar-refractivity contribution >= 4 is 22.7 Å². The summed E-state index contributed by atoms with van der Waals surface area (Å²) in [7, 11) is 0. The van der Waals surface area contributed by atoms with Crippen molar-refractivity contribution in [3.05, 3.63) is 45.5 Å². The molecule has 0 unspecified atom stereocenters. The van der Waals surface area contributed by atoms with Crippen LogP contribution in [-0.4, -0.2) is 15.1 Å². The van der Waals surface area contributed by atoms with Crippen LogP contribution in [0.5, 0.6) is 0 Å². The third kappa shape index (κ3) is 1.69. The smallest absolute Gasteiger partial charge is 0.265 e. The lowest BCUT2D eigenvalue weighted by molar-refractivity contribution is 0.450. The Bertz CT molecular complexity index is 791. The number of H-pyrrole nitrogens is 1. The number of hydrogen-bond donors (Lipinski definition) is 1. The third-order valence-corrected chi connectivity index (χ3v) is 2.80. The fraction of sp³-hybridized carbons (Fsp3) is 0.0833. The zero-order valence-corrected chi connectivity index (χ0v) is 10.2. The van der Waals surface area contributed by atoms with Crippen molar-refractivity contribution in [1.82, 2.24) is 15.1 Å². The average Bonchev–Trinajstić information content (AvgIpc) is 2.72. The van der Waals surface area contributed by atoms with E-state index in [0.29, 0.717) is 21.9 Å². The highest BCUT2D eigenvalue weighted by atomic mass is 35.5. The lowest BCUT2D eigenvalue weighted by Gasteiger charge is -1.97. The third-order valence-electron chi connectivity index (χ3n) is 2.56. The highest BCUT2D eigenvalue weighted by Gasteiger charge is 2.15. The number of nitrogens with zero attached hydrogens (tertiary/aromatic N) is 2. The molecule has 0 atom stereocenters. The van der Waals surface area contributed by atoms with Crippen molar-refractivity contribution < 1.29 is 4.52 Å². The summed E-state index contributed by atoms with van der Waals surface area (Å²) in [5.74, 6) is 0.487. The first-order chi connectivity index (χ1) is 8.65. The van der Waals surface area contributed by atoms with Gasteiger partial charge in [-0.25, -0.2) is 0 Å². The van der Waals surface area contributed by atoms with Gasteiger partial charge in [0.2, 0.25) is 0 Å². The van der Waals surface area contributed by atoms with Gasteiger partial charge in [-0.3, -0.25) is 4.79 Å². The van der Waals surface area contributed by atoms with Crippen molar-refractivity contribution in [1.29, 1.82) is 0 Å². The standard InChI is InChI=1S/C12H8ClN3O2/c1-6-14-11(17)9-10(16-18-12(9)15-6)7-3-2-4-8(13)5-7/h2-5H,1H3,(H,14,15,17). The molecule has 0 saturated carbocycles. The van der Waals surface area contributed by atoms with Gasteiger partial charge in [-0.15, -0.1) is 0 Å². The second kappa shape index (κ2) is 3.96. The van der Waals surface area contributed by atoms with Crippen molar-refractivity contribution in [3.63, 3.8) is 0 Å². The Morgan fingerprint density at radius 1 is 1.39 bits per heavy atom. The van der Waals surface area contributed by atoms with Crippen LogP contribution in [0.2, 0.25) is 5.02 Å². The summed E-state index contributed by atoms with van der Waals surface area (Å²) in [4.78, 5) is 18.6. The summed E-state index contributed by atoms with van der Waals surface area (Å²) in [5.41, 5.74) is 1.12. The molecule has 3 aromatic rings. The van der Waals surface area contributed by atoms with Gasteiger partial charge in [-0.2, -0.15) is 4.98 Å². The number of halogens is 1. The molecule has 5 nitrogen and oxygen atoms in total. The first-order valence-corrected chi connectivity index (χ1v) is 5.65. The summed E-state index contributed by atoms with van der Waals surface area (Å²) in [6.07, 6.45) is 0. The molecule has 0 bridgehead atoms. The largest absolute Gasteiger partial charge is 0.335 e. The van der Waals surface area contributed by atoms with E-state index in [0.717, 1.165) is 5.56 Å². The van der Waals surface area contributed by atoms with Crippen LogP contribution < -0.4 is 5.56 Å². The number of aryl methyl sites for hydroxylation is 1. The molecule has 18 heavy (non-hydrogen) atoms. The Hall–Kier alpha value is -2.14. The van der Waals surface area contributed by atoms with Gasteiger partial charge in [-0.1, -0.05) is 28.9 Å². The Kier molecular flexibility index (Phi) is 2.41. The minimum Gasteiger partial charge on any atom is -0.335 e. The van der Waals surface area contributed by atoms with E-state index >= 15 is 0 Å². The molecule has 1 N–H and O–H groups in total. The van der Waals surface area contributed by atoms with E-state index in [2.05, 4.69) is 15.1 Å². The quantitative estimate of drug-likeness (QED) is 0.731. The lowest BCUT2D eigenvalue weighted by atomic mass is 10.1. The summed E-state index contributed by atoms with van der Waals surface area (Å²) in [6.45, 7) is 1.68. The van der Waals surface area contributed by atoms with Crippen LogP contribution in [-0.2, 0) is 0 Å². The molecule has 3 rings (SSSR count). The number of hydrogen-bond acceptors (Lipinski definition) is 4. The van der Waals surface area contributed by atoms with E-state index in [1.165, 1.54) is 0 Å². The Balaban J connectivity index is 2.34. The summed E-state index contributed by atoms with van der Waals surface area (Å²) in [5, 5.41) is 4.80. The van der Waals surface area contributed by atoms with Gasteiger partial charge < -0.3 is 9.51 Å². The Morgan fingerprint density at radius 2 is 2.22 bits per heavy atom. The molecule has 0 amide bonds. The molecule has 0 aliphatic carbocycles. The van der Waals surface area contributed by atoms with E-state index in [4.69, 9.17) is 16.1 Å². The average molecular weight is 262 g/mol. The number of aromatic amines is 1. The second-order valence-electron chi connectivity index (χ2n) is 3.87. The van der Waals surface area contributed by atoms with Crippen molar-refractivity contribution in [2.75, 3.05) is 0 Å². The second-order valence-corrected chi connectivity index (χ2v) is 4.31. The van der Waals surface area contributed by atoms with Gasteiger partial charge in [0.25, 0.3) is 11.3 Å². The molecule has 0 aliphatic rings. The number of rotatable bonds is 1. The Labute approximate surface area is 106 Å². The molecule has 2 aromatic heterocycles. The van der Waals surface area contributed by atoms with Gasteiger partial charge in [0.15, 0.2) is 0 Å². The predicted octanol–water partition coefficient (Wildman–Crippen LogP) is 2.54. The molecule has 0 fully saturated rings. The number of aromatic nitrogens is 3. The topological polar surface area (TPSA) is 71.8 Å². The minimum atomic E-state index is -0.270. The molecular weight excluding hydrogens is 254 g/mol. The van der Waals surface area contributed by atoms with E-state index in [1.54, 1.807) is 25.1 Å². The maximum atomic E-state index is 11.9. The van der Waals surface area contributed by atoms with E-state index in [9.17, 15) is 4.79 Å². The summed E-state index contributed by atoms with van der Waals surface area (Å²) in [6, 6.07) is 7.06. The first kappa shape index (κ1) is 11.0. The van der Waals surface area contributed by atoms with Crippen molar-refractivity contribution in [3.8, 4) is 11.3 Å². The lowest BCUT2D eigenvalue weighted by Crippen LogP contribution is -2.09. The zero-order valence-electron chi connectivity index (χ0n) is 9.40. The molecule has 90 valence electrons. The molecule has 1 aromatic carbocycles. The van der Waals surface area contributed by atoms with Crippen LogP contribution in [0, 0.1) is 6.92 Å². The first-order valence-electron chi connectivity index (χ1n) is 5.27. The van der Waals surface area contributed by atoms with Gasteiger partial charge >= 0.3 is 0 Å². The van der Waals surface area contributed by atoms with Crippen molar-refractivity contribution in [2.45, 2.75) is 6.92 Å². The zero-order chi connectivity index (χ0) is 12.7. The van der Waals surface area contributed by atoms with Crippen LogP contribution in [0.25, 0.3) is 22.4 Å². The summed E-state index contributed by atoms with van der Waals surface area (Å²) < 4.78 is 5.08. The normalized spacial score (nSPS) is 11.0. The highest BCUT2D eigenvalue weighted by Crippen LogP contribution is 2.26. The maximum absolute atomic E-state index is 11.9. The van der Waals surface area contributed by atoms with E-state index in [-0.39, 0.29) is 11.3 Å². The Morgan fingerprint density at radius 3 is 3.00 bits per heavy atom. The molecule has 0 radical (unpaired) electrons. The maximum Gasteiger partial charge on any atom is 0.265 e. The van der Waals surface area contributed by atoms with Crippen molar-refractivity contribution in [2.24, 2.45) is 0 Å². The van der Waals surface area contributed by atoms with Gasteiger partial charge in [0.05, 0.1) is 0 Å². The minimum absolute atomic E-state index is 0.228. The molecule has 6 heteroatoms. The molecule has 0 saturated heterocycles. The van der Waals surface area contributed by atoms with Gasteiger partial charge in [-0.05, 0) is 19.1 Å². The van der Waals surface area contributed by atoms with Crippen LogP contribution in [0.15, 0.2) is 33.6 Å². The predicted molar refractivity (Wildman–Crippen MR) is 67.6 cm³/mol. The number of nitrogens with one attached hydrogen (secondary N) is 1. The fourth-order valence-corrected chi connectivity index (χ4v) is 1.99. The van der Waals surface area contributed by atoms with Crippen LogP contribution in [0.1, 0.15) is 5.82 Å². The van der Waals surface area contributed by atoms with Crippen LogP contribution in [0.4, 0.5) is 0 Å². The van der Waals surface area contributed by atoms with Crippen LogP contribution >= 0.6 is 11.6 Å². The molecule has 0 spiro atoms.